The van der Waals surface area contributed by atoms with Gasteiger partial charge in [-0.25, -0.2) is 19.4 Å². The summed E-state index contributed by atoms with van der Waals surface area (Å²) >= 11 is 0. The molecule has 0 aliphatic carbocycles. The van der Waals surface area contributed by atoms with E-state index in [2.05, 4.69) is 31.3 Å². The van der Waals surface area contributed by atoms with Gasteiger partial charge in [-0.15, -0.1) is 0 Å². The van der Waals surface area contributed by atoms with Gasteiger partial charge >= 0.3 is 6.03 Å². The van der Waals surface area contributed by atoms with Gasteiger partial charge in [0.25, 0.3) is 0 Å². The lowest BCUT2D eigenvalue weighted by Gasteiger charge is -2.25. The van der Waals surface area contributed by atoms with Crippen LogP contribution in [0.25, 0.3) is 5.69 Å². The average molecular weight is 466 g/mol. The zero-order valence-corrected chi connectivity index (χ0v) is 19.9. The molecule has 2 amide bonds. The molecule has 1 aromatic carbocycles. The lowest BCUT2D eigenvalue weighted by molar-refractivity contribution is 0.201. The number of amides is 2. The number of carbonyl (C=O) groups excluding carboxylic acids is 1. The number of carbonyl (C=O) groups is 1. The molecule has 1 fully saturated rings. The van der Waals surface area contributed by atoms with Crippen molar-refractivity contribution in [3.63, 3.8) is 0 Å². The predicted molar refractivity (Wildman–Crippen MR) is 129 cm³/mol. The second kappa shape index (κ2) is 10.9. The van der Waals surface area contributed by atoms with Crippen molar-refractivity contribution in [1.82, 2.24) is 30.0 Å². The van der Waals surface area contributed by atoms with Crippen molar-refractivity contribution in [3.8, 4) is 17.3 Å². The minimum absolute atomic E-state index is 0.0836. The van der Waals surface area contributed by atoms with Crippen LogP contribution in [0.5, 0.6) is 11.6 Å². The Labute approximate surface area is 199 Å². The molecule has 1 aliphatic heterocycles. The molecule has 0 unspecified atom stereocenters. The first-order valence-electron chi connectivity index (χ1n) is 11.5. The van der Waals surface area contributed by atoms with Crippen LogP contribution < -0.4 is 19.7 Å². The zero-order chi connectivity index (χ0) is 23.9. The monoisotopic (exact) mass is 465 g/mol. The number of pyridine rings is 1. The normalized spacial score (nSPS) is 14.0. The highest BCUT2D eigenvalue weighted by molar-refractivity contribution is 5.74. The van der Waals surface area contributed by atoms with Gasteiger partial charge in [0.15, 0.2) is 0 Å². The molecule has 10 nitrogen and oxygen atoms in total. The molecule has 1 saturated heterocycles. The molecule has 3 heterocycles. The molecule has 10 heteroatoms. The smallest absolute Gasteiger partial charge is 0.317 e. The summed E-state index contributed by atoms with van der Waals surface area (Å²) in [6.07, 6.45) is 4.23. The number of anilines is 1. The van der Waals surface area contributed by atoms with Crippen LogP contribution in [-0.2, 0) is 6.54 Å². The summed E-state index contributed by atoms with van der Waals surface area (Å²) in [6.45, 7) is 7.66. The summed E-state index contributed by atoms with van der Waals surface area (Å²) in [7, 11) is 1.58. The van der Waals surface area contributed by atoms with Gasteiger partial charge in [0.2, 0.25) is 5.88 Å². The molecule has 0 radical (unpaired) electrons. The largest absolute Gasteiger partial charge is 0.492 e. The first-order valence-corrected chi connectivity index (χ1v) is 11.5. The first kappa shape index (κ1) is 23.3. The Bertz CT molecular complexity index is 1120. The van der Waals surface area contributed by atoms with Gasteiger partial charge < -0.3 is 24.6 Å². The second-order valence-electron chi connectivity index (χ2n) is 7.98. The quantitative estimate of drug-likeness (QED) is 0.573. The van der Waals surface area contributed by atoms with E-state index in [9.17, 15) is 4.79 Å². The standard InChI is InChI=1S/C24H31N7O3/c1-4-34-22-15-20(8-9-21(22)31-17-27-18(2)28-31)29-11-6-12-30(14-13-29)24(32)26-16-19-7-5-10-25-23(19)33-3/h5,7-10,15,17H,4,6,11-14,16H2,1-3H3,(H,26,32). The van der Waals surface area contributed by atoms with Crippen LogP contribution in [-0.4, -0.2) is 70.6 Å². The summed E-state index contributed by atoms with van der Waals surface area (Å²) in [5.41, 5.74) is 2.76. The van der Waals surface area contributed by atoms with Gasteiger partial charge in [-0.2, -0.15) is 5.10 Å². The number of nitrogens with zero attached hydrogens (tertiary/aromatic N) is 6. The van der Waals surface area contributed by atoms with E-state index in [-0.39, 0.29) is 6.03 Å². The van der Waals surface area contributed by atoms with Crippen LogP contribution in [0.15, 0.2) is 42.9 Å². The predicted octanol–water partition coefficient (Wildman–Crippen LogP) is 2.80. The minimum Gasteiger partial charge on any atom is -0.492 e. The van der Waals surface area contributed by atoms with E-state index in [1.165, 1.54) is 0 Å². The highest BCUT2D eigenvalue weighted by Crippen LogP contribution is 2.29. The van der Waals surface area contributed by atoms with Crippen molar-refractivity contribution < 1.29 is 14.3 Å². The van der Waals surface area contributed by atoms with E-state index < -0.39 is 0 Å². The van der Waals surface area contributed by atoms with E-state index in [1.54, 1.807) is 24.3 Å². The minimum atomic E-state index is -0.0836. The molecule has 2 aromatic heterocycles. The van der Waals surface area contributed by atoms with Gasteiger partial charge in [0, 0.05) is 56.2 Å². The summed E-state index contributed by atoms with van der Waals surface area (Å²) in [5.74, 6) is 1.99. The van der Waals surface area contributed by atoms with E-state index >= 15 is 0 Å². The van der Waals surface area contributed by atoms with Crippen molar-refractivity contribution >= 4 is 11.7 Å². The van der Waals surface area contributed by atoms with Crippen LogP contribution in [0, 0.1) is 6.92 Å². The Morgan fingerprint density at radius 2 is 2.03 bits per heavy atom. The molecule has 4 rings (SSSR count). The number of aryl methyl sites for hydroxylation is 1. The zero-order valence-electron chi connectivity index (χ0n) is 19.9. The maximum Gasteiger partial charge on any atom is 0.317 e. The highest BCUT2D eigenvalue weighted by atomic mass is 16.5. The summed E-state index contributed by atoms with van der Waals surface area (Å²) in [6, 6.07) is 9.76. The number of hydrogen-bond donors (Lipinski definition) is 1. The highest BCUT2D eigenvalue weighted by Gasteiger charge is 2.21. The number of nitrogens with one attached hydrogen (secondary N) is 1. The molecule has 1 N–H and O–H groups in total. The first-order chi connectivity index (χ1) is 16.6. The van der Waals surface area contributed by atoms with E-state index in [1.807, 2.05) is 43.0 Å². The van der Waals surface area contributed by atoms with Crippen LogP contribution in [0.1, 0.15) is 24.7 Å². The van der Waals surface area contributed by atoms with Gasteiger partial charge in [-0.3, -0.25) is 0 Å². The summed E-state index contributed by atoms with van der Waals surface area (Å²) in [5, 5.41) is 7.40. The molecule has 34 heavy (non-hydrogen) atoms. The van der Waals surface area contributed by atoms with Crippen molar-refractivity contribution in [2.45, 2.75) is 26.8 Å². The Kier molecular flexibility index (Phi) is 7.46. The molecular weight excluding hydrogens is 434 g/mol. The fourth-order valence-electron chi connectivity index (χ4n) is 4.03. The van der Waals surface area contributed by atoms with E-state index in [4.69, 9.17) is 9.47 Å². The van der Waals surface area contributed by atoms with Gasteiger partial charge in [0.1, 0.15) is 23.6 Å². The summed E-state index contributed by atoms with van der Waals surface area (Å²) < 4.78 is 12.9. The number of urea groups is 1. The maximum atomic E-state index is 12.8. The third-order valence-electron chi connectivity index (χ3n) is 5.72. The fourth-order valence-corrected chi connectivity index (χ4v) is 4.03. The Morgan fingerprint density at radius 1 is 1.15 bits per heavy atom. The number of hydrogen-bond acceptors (Lipinski definition) is 7. The van der Waals surface area contributed by atoms with Crippen LogP contribution in [0.4, 0.5) is 10.5 Å². The number of benzene rings is 1. The number of rotatable bonds is 7. The second-order valence-corrected chi connectivity index (χ2v) is 7.98. The molecule has 3 aromatic rings. The molecule has 0 atom stereocenters. The molecule has 1 aliphatic rings. The van der Waals surface area contributed by atoms with E-state index in [0.29, 0.717) is 37.9 Å². The molecule has 0 spiro atoms. The molecule has 0 bridgehead atoms. The van der Waals surface area contributed by atoms with Crippen molar-refractivity contribution in [2.24, 2.45) is 0 Å². The van der Waals surface area contributed by atoms with Crippen LogP contribution >= 0.6 is 0 Å². The number of aromatic nitrogens is 4. The molecule has 0 saturated carbocycles. The van der Waals surface area contributed by atoms with Gasteiger partial charge in [-0.05, 0) is 38.5 Å². The average Bonchev–Trinajstić information content (AvgIpc) is 3.13. The fraction of sp³-hybridized carbons (Fsp3) is 0.417. The SMILES string of the molecule is CCOc1cc(N2CCCN(C(=O)NCc3cccnc3OC)CC2)ccc1-n1cnc(C)n1. The van der Waals surface area contributed by atoms with Crippen molar-refractivity contribution in [2.75, 3.05) is 44.8 Å². The Balaban J connectivity index is 1.40. The van der Waals surface area contributed by atoms with Crippen LogP contribution in [0.2, 0.25) is 0 Å². The van der Waals surface area contributed by atoms with Crippen molar-refractivity contribution in [3.05, 3.63) is 54.2 Å². The lowest BCUT2D eigenvalue weighted by Crippen LogP contribution is -2.41. The topological polar surface area (TPSA) is 97.6 Å². The number of methoxy groups -OCH3 is 1. The lowest BCUT2D eigenvalue weighted by atomic mass is 10.2. The van der Waals surface area contributed by atoms with Gasteiger partial charge in [0.05, 0.1) is 13.7 Å². The van der Waals surface area contributed by atoms with E-state index in [0.717, 1.165) is 42.2 Å². The van der Waals surface area contributed by atoms with Crippen molar-refractivity contribution in [1.29, 1.82) is 0 Å². The van der Waals surface area contributed by atoms with Gasteiger partial charge in [-0.1, -0.05) is 6.07 Å². The third kappa shape index (κ3) is 5.38. The Morgan fingerprint density at radius 3 is 2.79 bits per heavy atom. The Hall–Kier alpha value is -3.82. The summed E-state index contributed by atoms with van der Waals surface area (Å²) in [4.78, 5) is 25.4. The molecule has 180 valence electrons. The number of ether oxygens (including phenoxy) is 2. The third-order valence-corrected chi connectivity index (χ3v) is 5.72. The van der Waals surface area contributed by atoms with Crippen LogP contribution in [0.3, 0.4) is 0 Å². The molecular formula is C24H31N7O3. The maximum absolute atomic E-state index is 12.8.